The summed E-state index contributed by atoms with van der Waals surface area (Å²) in [5.74, 6) is 0.174. The molecule has 184 valence electrons. The molecular formula is C24H32FN5O4. The van der Waals surface area contributed by atoms with E-state index in [0.29, 0.717) is 38.3 Å². The molecule has 0 N–H and O–H groups in total. The van der Waals surface area contributed by atoms with E-state index in [1.54, 1.807) is 28.0 Å². The van der Waals surface area contributed by atoms with Crippen molar-refractivity contribution >= 4 is 11.8 Å². The van der Waals surface area contributed by atoms with Crippen molar-refractivity contribution in [3.63, 3.8) is 0 Å². The van der Waals surface area contributed by atoms with E-state index in [1.807, 2.05) is 4.90 Å². The summed E-state index contributed by atoms with van der Waals surface area (Å²) < 4.78 is 27.1. The number of amides is 2. The van der Waals surface area contributed by atoms with Gasteiger partial charge in [0.25, 0.3) is 0 Å². The molecule has 1 unspecified atom stereocenters. The van der Waals surface area contributed by atoms with Crippen LogP contribution in [0, 0.1) is 5.82 Å². The first-order valence-corrected chi connectivity index (χ1v) is 11.9. The van der Waals surface area contributed by atoms with E-state index in [1.165, 1.54) is 18.5 Å². The number of ether oxygens (including phenoxy) is 2. The van der Waals surface area contributed by atoms with Crippen LogP contribution in [-0.2, 0) is 20.9 Å². The number of likely N-dealkylation sites (tertiary alicyclic amines) is 1. The fourth-order valence-electron chi connectivity index (χ4n) is 4.48. The maximum Gasteiger partial charge on any atom is 0.225 e. The Hall–Kier alpha value is -3.01. The van der Waals surface area contributed by atoms with Gasteiger partial charge in [-0.25, -0.2) is 9.37 Å². The third kappa shape index (κ3) is 6.53. The van der Waals surface area contributed by atoms with Crippen LogP contribution in [0.2, 0.25) is 0 Å². The van der Waals surface area contributed by atoms with E-state index in [2.05, 4.69) is 10.1 Å². The van der Waals surface area contributed by atoms with Crippen LogP contribution < -0.4 is 4.74 Å². The Labute approximate surface area is 198 Å². The lowest BCUT2D eigenvalue weighted by Crippen LogP contribution is -2.58. The molecule has 9 nitrogen and oxygen atoms in total. The second-order valence-corrected chi connectivity index (χ2v) is 8.97. The molecule has 34 heavy (non-hydrogen) atoms. The van der Waals surface area contributed by atoms with Gasteiger partial charge in [0.15, 0.2) is 0 Å². The lowest BCUT2D eigenvalue weighted by molar-refractivity contribution is -0.166. The minimum Gasteiger partial charge on any atom is -0.490 e. The molecule has 0 radical (unpaired) electrons. The Morgan fingerprint density at radius 2 is 1.85 bits per heavy atom. The van der Waals surface area contributed by atoms with Crippen molar-refractivity contribution in [3.05, 3.63) is 42.7 Å². The molecule has 3 heterocycles. The molecule has 0 saturated carbocycles. The average Bonchev–Trinajstić information content (AvgIpc) is 3.38. The molecule has 1 aromatic carbocycles. The van der Waals surface area contributed by atoms with Crippen LogP contribution in [0.4, 0.5) is 4.39 Å². The van der Waals surface area contributed by atoms with Crippen LogP contribution in [0.15, 0.2) is 36.9 Å². The number of hydrogen-bond donors (Lipinski definition) is 0. The van der Waals surface area contributed by atoms with Gasteiger partial charge >= 0.3 is 0 Å². The van der Waals surface area contributed by atoms with Gasteiger partial charge in [-0.2, -0.15) is 5.10 Å². The van der Waals surface area contributed by atoms with Crippen molar-refractivity contribution in [2.45, 2.75) is 50.7 Å². The molecule has 4 rings (SSSR count). The van der Waals surface area contributed by atoms with E-state index in [9.17, 15) is 14.0 Å². The highest BCUT2D eigenvalue weighted by Crippen LogP contribution is 2.27. The van der Waals surface area contributed by atoms with E-state index in [-0.39, 0.29) is 37.2 Å². The summed E-state index contributed by atoms with van der Waals surface area (Å²) in [6.45, 7) is 3.28. The Kier molecular flexibility index (Phi) is 8.10. The number of hydrogen-bond acceptors (Lipinski definition) is 6. The van der Waals surface area contributed by atoms with Gasteiger partial charge in [0.05, 0.1) is 19.6 Å². The van der Waals surface area contributed by atoms with Crippen molar-refractivity contribution in [2.75, 3.05) is 39.4 Å². The molecule has 2 saturated heterocycles. The zero-order chi connectivity index (χ0) is 23.8. The van der Waals surface area contributed by atoms with E-state index in [4.69, 9.17) is 9.47 Å². The number of nitrogens with zero attached hydrogens (tertiary/aromatic N) is 5. The Balaban J connectivity index is 1.41. The summed E-state index contributed by atoms with van der Waals surface area (Å²) in [7, 11) is 0. The highest BCUT2D eigenvalue weighted by molar-refractivity contribution is 5.79. The Morgan fingerprint density at radius 3 is 2.59 bits per heavy atom. The van der Waals surface area contributed by atoms with Gasteiger partial charge in [0, 0.05) is 32.6 Å². The number of morpholine rings is 1. The average molecular weight is 474 g/mol. The van der Waals surface area contributed by atoms with Gasteiger partial charge in [0.1, 0.15) is 36.4 Å². The quantitative estimate of drug-likeness (QED) is 0.555. The molecule has 10 heteroatoms. The largest absolute Gasteiger partial charge is 0.490 e. The molecule has 1 aromatic heterocycles. The number of aromatic nitrogens is 3. The summed E-state index contributed by atoms with van der Waals surface area (Å²) in [4.78, 5) is 33.7. The Bertz CT molecular complexity index is 933. The van der Waals surface area contributed by atoms with Gasteiger partial charge < -0.3 is 19.3 Å². The van der Waals surface area contributed by atoms with Crippen LogP contribution in [0.5, 0.6) is 5.75 Å². The van der Waals surface area contributed by atoms with E-state index < -0.39 is 5.60 Å². The highest BCUT2D eigenvalue weighted by Gasteiger charge is 2.42. The van der Waals surface area contributed by atoms with Crippen LogP contribution in [0.1, 0.15) is 38.5 Å². The molecule has 2 aromatic rings. The topological polar surface area (TPSA) is 89.8 Å². The lowest BCUT2D eigenvalue weighted by Gasteiger charge is -2.43. The second-order valence-electron chi connectivity index (χ2n) is 8.97. The van der Waals surface area contributed by atoms with Crippen LogP contribution in [0.3, 0.4) is 0 Å². The van der Waals surface area contributed by atoms with Gasteiger partial charge in [0.2, 0.25) is 11.8 Å². The van der Waals surface area contributed by atoms with Crippen LogP contribution in [0.25, 0.3) is 0 Å². The van der Waals surface area contributed by atoms with Crippen molar-refractivity contribution in [3.8, 4) is 5.75 Å². The van der Waals surface area contributed by atoms with Gasteiger partial charge in [-0.15, -0.1) is 0 Å². The molecule has 2 aliphatic rings. The minimum absolute atomic E-state index is 0.0139. The summed E-state index contributed by atoms with van der Waals surface area (Å²) in [6.07, 6.45) is 7.39. The SMILES string of the molecule is O=C(CC1(COc2ccc(F)cc2)CN(C(=O)CCCn2cncn2)CCO1)N1CCCCC1. The molecule has 0 bridgehead atoms. The molecular weight excluding hydrogens is 441 g/mol. The fourth-order valence-corrected chi connectivity index (χ4v) is 4.48. The molecule has 0 aliphatic carbocycles. The number of carbonyl (C=O) groups is 2. The number of piperidine rings is 1. The molecule has 2 amide bonds. The smallest absolute Gasteiger partial charge is 0.225 e. The first kappa shape index (κ1) is 24.1. The number of aryl methyl sites for hydroxylation is 1. The van der Waals surface area contributed by atoms with E-state index in [0.717, 1.165) is 32.4 Å². The predicted octanol–water partition coefficient (Wildman–Crippen LogP) is 2.28. The minimum atomic E-state index is -0.956. The third-order valence-corrected chi connectivity index (χ3v) is 6.34. The van der Waals surface area contributed by atoms with Gasteiger partial charge in [-0.3, -0.25) is 14.3 Å². The monoisotopic (exact) mass is 473 g/mol. The van der Waals surface area contributed by atoms with Crippen molar-refractivity contribution in [1.82, 2.24) is 24.6 Å². The summed E-state index contributed by atoms with van der Waals surface area (Å²) in [6, 6.07) is 5.75. The zero-order valence-corrected chi connectivity index (χ0v) is 19.4. The fraction of sp³-hybridized carbons (Fsp3) is 0.583. The van der Waals surface area contributed by atoms with Crippen LogP contribution in [-0.4, -0.2) is 81.4 Å². The third-order valence-electron chi connectivity index (χ3n) is 6.34. The normalized spacial score (nSPS) is 20.9. The summed E-state index contributed by atoms with van der Waals surface area (Å²) in [5.41, 5.74) is -0.956. The molecule has 1 atom stereocenters. The number of halogens is 1. The zero-order valence-electron chi connectivity index (χ0n) is 19.4. The molecule has 2 aliphatic heterocycles. The summed E-state index contributed by atoms with van der Waals surface area (Å²) >= 11 is 0. The van der Waals surface area contributed by atoms with Crippen molar-refractivity contribution in [1.29, 1.82) is 0 Å². The lowest BCUT2D eigenvalue weighted by atomic mass is 9.96. The van der Waals surface area contributed by atoms with Crippen molar-refractivity contribution in [2.24, 2.45) is 0 Å². The first-order chi connectivity index (χ1) is 16.5. The standard InChI is InChI=1S/C24H32FN5O4/c25-20-6-8-21(9-7-20)33-17-24(15-23(32)28-10-2-1-3-11-28)16-29(13-14-34-24)22(31)5-4-12-30-19-26-18-27-30/h6-9,18-19H,1-5,10-17H2. The molecule has 2 fully saturated rings. The molecule has 0 spiro atoms. The van der Waals surface area contributed by atoms with Gasteiger partial charge in [-0.05, 0) is 49.9 Å². The predicted molar refractivity (Wildman–Crippen MR) is 121 cm³/mol. The second kappa shape index (κ2) is 11.4. The van der Waals surface area contributed by atoms with Gasteiger partial charge in [-0.1, -0.05) is 0 Å². The Morgan fingerprint density at radius 1 is 1.06 bits per heavy atom. The number of benzene rings is 1. The highest BCUT2D eigenvalue weighted by atomic mass is 19.1. The number of carbonyl (C=O) groups excluding carboxylic acids is 2. The van der Waals surface area contributed by atoms with Crippen molar-refractivity contribution < 1.29 is 23.5 Å². The number of rotatable bonds is 9. The summed E-state index contributed by atoms with van der Waals surface area (Å²) in [5, 5.41) is 4.06. The van der Waals surface area contributed by atoms with Crippen LogP contribution >= 0.6 is 0 Å². The maximum absolute atomic E-state index is 13.3. The first-order valence-electron chi connectivity index (χ1n) is 11.9. The van der Waals surface area contributed by atoms with E-state index >= 15 is 0 Å². The maximum atomic E-state index is 13.3.